The summed E-state index contributed by atoms with van der Waals surface area (Å²) in [5.74, 6) is 0.493. The molecule has 0 atom stereocenters. The number of nitrogens with one attached hydrogen (secondary N) is 1. The maximum Gasteiger partial charge on any atom is 0.264 e. The fourth-order valence-corrected chi connectivity index (χ4v) is 4.54. The van der Waals surface area contributed by atoms with Crippen LogP contribution in [0.2, 0.25) is 0 Å². The van der Waals surface area contributed by atoms with Crippen LogP contribution >= 0.6 is 11.3 Å². The average molecular weight is 421 g/mol. The molecular formula is C24H26N3O2S+. The minimum atomic E-state index is -0.0883. The minimum absolute atomic E-state index is 0.0883. The van der Waals surface area contributed by atoms with Crippen molar-refractivity contribution in [3.63, 3.8) is 0 Å². The molecule has 1 aromatic heterocycles. The van der Waals surface area contributed by atoms with Gasteiger partial charge in [-0.2, -0.15) is 0 Å². The van der Waals surface area contributed by atoms with Crippen molar-refractivity contribution < 1.29 is 14.4 Å². The van der Waals surface area contributed by atoms with Crippen LogP contribution in [0.5, 0.6) is 5.75 Å². The highest BCUT2D eigenvalue weighted by molar-refractivity contribution is 7.22. The molecule has 0 saturated carbocycles. The molecule has 1 amide bonds. The summed E-state index contributed by atoms with van der Waals surface area (Å²) < 4.78 is 6.68. The molecule has 0 aliphatic carbocycles. The Balaban J connectivity index is 1.80. The smallest absolute Gasteiger partial charge is 0.264 e. The summed E-state index contributed by atoms with van der Waals surface area (Å²) in [7, 11) is 5.78. The third-order valence-corrected chi connectivity index (χ3v) is 6.18. The van der Waals surface area contributed by atoms with Gasteiger partial charge in [0.15, 0.2) is 5.13 Å². The third-order valence-electron chi connectivity index (χ3n) is 5.14. The lowest BCUT2D eigenvalue weighted by atomic mass is 10.0. The van der Waals surface area contributed by atoms with Crippen LogP contribution in [-0.2, 0) is 0 Å². The summed E-state index contributed by atoms with van der Waals surface area (Å²) >= 11 is 1.56. The maximum absolute atomic E-state index is 13.7. The Kier molecular flexibility index (Phi) is 5.70. The van der Waals surface area contributed by atoms with E-state index in [9.17, 15) is 4.79 Å². The van der Waals surface area contributed by atoms with Crippen LogP contribution in [0.4, 0.5) is 5.13 Å². The number of ether oxygens (including phenoxy) is 1. The Morgan fingerprint density at radius 2 is 1.83 bits per heavy atom. The van der Waals surface area contributed by atoms with Gasteiger partial charge in [-0.15, -0.1) is 0 Å². The fraction of sp³-hybridized carbons (Fsp3) is 0.250. The van der Waals surface area contributed by atoms with Crippen molar-refractivity contribution in [2.45, 2.75) is 6.92 Å². The van der Waals surface area contributed by atoms with Gasteiger partial charge in [0.2, 0.25) is 0 Å². The van der Waals surface area contributed by atoms with Crippen LogP contribution in [0.15, 0.2) is 54.6 Å². The zero-order valence-electron chi connectivity index (χ0n) is 17.7. The summed E-state index contributed by atoms with van der Waals surface area (Å²) in [4.78, 5) is 21.6. The number of methoxy groups -OCH3 is 1. The lowest BCUT2D eigenvalue weighted by molar-refractivity contribution is -0.856. The first-order valence-corrected chi connectivity index (χ1v) is 10.8. The van der Waals surface area contributed by atoms with Gasteiger partial charge in [-0.25, -0.2) is 4.98 Å². The molecule has 30 heavy (non-hydrogen) atoms. The van der Waals surface area contributed by atoms with Crippen molar-refractivity contribution >= 4 is 43.4 Å². The molecule has 0 unspecified atom stereocenters. The molecular weight excluding hydrogens is 394 g/mol. The van der Waals surface area contributed by atoms with Crippen molar-refractivity contribution in [3.05, 3.63) is 65.7 Å². The number of aromatic nitrogens is 1. The molecule has 6 heteroatoms. The standard InChI is InChI=1S/C24H25N3O2S/c1-16-9-10-20-22(13-16)30-24(25-20)27(12-11-26(2)3)23(28)19-14-17-7-5-6-8-18(17)15-21(19)29-4/h5-10,13-15H,11-12H2,1-4H3/p+1. The van der Waals surface area contributed by atoms with Gasteiger partial charge >= 0.3 is 0 Å². The second-order valence-corrected chi connectivity index (χ2v) is 8.79. The zero-order chi connectivity index (χ0) is 21.3. The van der Waals surface area contributed by atoms with Gasteiger partial charge in [-0.3, -0.25) is 9.69 Å². The number of carbonyl (C=O) groups is 1. The first kappa shape index (κ1) is 20.3. The topological polar surface area (TPSA) is 46.9 Å². The van der Waals surface area contributed by atoms with E-state index in [1.54, 1.807) is 23.3 Å². The average Bonchev–Trinajstić information content (AvgIpc) is 3.15. The van der Waals surface area contributed by atoms with E-state index >= 15 is 0 Å². The van der Waals surface area contributed by atoms with Gasteiger partial charge in [0.25, 0.3) is 5.91 Å². The summed E-state index contributed by atoms with van der Waals surface area (Å²) in [6.07, 6.45) is 0. The van der Waals surface area contributed by atoms with Gasteiger partial charge in [0.1, 0.15) is 5.75 Å². The summed E-state index contributed by atoms with van der Waals surface area (Å²) in [6, 6.07) is 18.0. The molecule has 0 aliphatic rings. The minimum Gasteiger partial charge on any atom is -0.496 e. The number of carbonyl (C=O) groups excluding carboxylic acids is 1. The highest BCUT2D eigenvalue weighted by atomic mass is 32.1. The van der Waals surface area contributed by atoms with Gasteiger partial charge < -0.3 is 9.64 Å². The Morgan fingerprint density at radius 1 is 1.10 bits per heavy atom. The SMILES string of the molecule is COc1cc2ccccc2cc1C(=O)N(CC[NH+](C)C)c1nc2ccc(C)cc2s1. The number of aryl methyl sites for hydroxylation is 1. The fourth-order valence-electron chi connectivity index (χ4n) is 3.46. The Morgan fingerprint density at radius 3 is 2.53 bits per heavy atom. The number of hydrogen-bond acceptors (Lipinski definition) is 4. The molecule has 3 aromatic carbocycles. The predicted molar refractivity (Wildman–Crippen MR) is 124 cm³/mol. The van der Waals surface area contributed by atoms with E-state index in [4.69, 9.17) is 9.72 Å². The van der Waals surface area contributed by atoms with Gasteiger partial charge in [-0.05, 0) is 47.5 Å². The number of amides is 1. The number of anilines is 1. The van der Waals surface area contributed by atoms with Crippen LogP contribution in [0, 0.1) is 6.92 Å². The van der Waals surface area contributed by atoms with Crippen LogP contribution < -0.4 is 14.5 Å². The van der Waals surface area contributed by atoms with Gasteiger partial charge in [0, 0.05) is 0 Å². The maximum atomic E-state index is 13.7. The van der Waals surface area contributed by atoms with Gasteiger partial charge in [0.05, 0.1) is 50.1 Å². The lowest BCUT2D eigenvalue weighted by Crippen LogP contribution is -3.06. The van der Waals surface area contributed by atoms with Crippen molar-refractivity contribution in [3.8, 4) is 5.75 Å². The van der Waals surface area contributed by atoms with Crippen LogP contribution in [-0.4, -0.2) is 45.2 Å². The number of quaternary nitrogens is 1. The van der Waals surface area contributed by atoms with E-state index in [1.165, 1.54) is 10.5 Å². The molecule has 4 rings (SSSR count). The second kappa shape index (κ2) is 8.42. The van der Waals surface area contributed by atoms with Crippen molar-refractivity contribution in [2.24, 2.45) is 0 Å². The molecule has 154 valence electrons. The first-order valence-electron chi connectivity index (χ1n) is 10.0. The Labute approximate surface area is 180 Å². The zero-order valence-corrected chi connectivity index (χ0v) is 18.5. The first-order chi connectivity index (χ1) is 14.5. The number of thiazole rings is 1. The highest BCUT2D eigenvalue weighted by Gasteiger charge is 2.25. The van der Waals surface area contributed by atoms with Gasteiger partial charge in [-0.1, -0.05) is 41.7 Å². The second-order valence-electron chi connectivity index (χ2n) is 7.78. The van der Waals surface area contributed by atoms with Crippen LogP contribution in [0.3, 0.4) is 0 Å². The number of hydrogen-bond donors (Lipinski definition) is 1. The largest absolute Gasteiger partial charge is 0.496 e. The predicted octanol–water partition coefficient (Wildman–Crippen LogP) is 3.56. The number of nitrogens with zero attached hydrogens (tertiary/aromatic N) is 2. The molecule has 4 aromatic rings. The molecule has 0 bridgehead atoms. The molecule has 0 saturated heterocycles. The van der Waals surface area contributed by atoms with E-state index in [1.807, 2.05) is 48.5 Å². The third kappa shape index (κ3) is 4.01. The van der Waals surface area contributed by atoms with Crippen LogP contribution in [0.25, 0.3) is 21.0 Å². The molecule has 0 aliphatic heterocycles. The monoisotopic (exact) mass is 420 g/mol. The highest BCUT2D eigenvalue weighted by Crippen LogP contribution is 2.33. The van der Waals surface area contributed by atoms with Crippen molar-refractivity contribution in [1.29, 1.82) is 0 Å². The van der Waals surface area contributed by atoms with Crippen molar-refractivity contribution in [2.75, 3.05) is 39.2 Å². The molecule has 0 radical (unpaired) electrons. The molecule has 5 nitrogen and oxygen atoms in total. The number of likely N-dealkylation sites (N-methyl/N-ethyl adjacent to an activating group) is 1. The lowest BCUT2D eigenvalue weighted by Gasteiger charge is -2.22. The molecule has 0 spiro atoms. The van der Waals surface area contributed by atoms with E-state index < -0.39 is 0 Å². The van der Waals surface area contributed by atoms with E-state index in [0.29, 0.717) is 17.9 Å². The number of fused-ring (bicyclic) bond motifs is 2. The van der Waals surface area contributed by atoms with E-state index in [-0.39, 0.29) is 5.91 Å². The Bertz CT molecular complexity index is 1220. The number of rotatable bonds is 6. The summed E-state index contributed by atoms with van der Waals surface area (Å²) in [5.41, 5.74) is 2.66. The van der Waals surface area contributed by atoms with Crippen LogP contribution in [0.1, 0.15) is 15.9 Å². The van der Waals surface area contributed by atoms with E-state index in [0.717, 1.165) is 32.7 Å². The molecule has 0 fully saturated rings. The normalized spacial score (nSPS) is 11.4. The quantitative estimate of drug-likeness (QED) is 0.519. The van der Waals surface area contributed by atoms with E-state index in [2.05, 4.69) is 27.1 Å². The molecule has 1 heterocycles. The summed E-state index contributed by atoms with van der Waals surface area (Å²) in [6.45, 7) is 3.46. The summed E-state index contributed by atoms with van der Waals surface area (Å²) in [5, 5.41) is 2.78. The van der Waals surface area contributed by atoms with Crippen molar-refractivity contribution in [1.82, 2.24) is 4.98 Å². The number of benzene rings is 3. The Hall–Kier alpha value is -2.96. The molecule has 1 N–H and O–H groups in total.